The Morgan fingerprint density at radius 2 is 1.71 bits per heavy atom. The number of nitrogens with zero attached hydrogens (tertiary/aromatic N) is 2. The Morgan fingerprint density at radius 1 is 1.06 bits per heavy atom. The first-order valence-corrected chi connectivity index (χ1v) is 10.8. The zero-order valence-electron chi connectivity index (χ0n) is 17.2. The topological polar surface area (TPSA) is 126 Å². The summed E-state index contributed by atoms with van der Waals surface area (Å²) in [6, 6.07) is 13.3. The minimum absolute atomic E-state index is 0.000540. The summed E-state index contributed by atoms with van der Waals surface area (Å²) in [6.07, 6.45) is 0.654. The Bertz CT molecular complexity index is 1070. The summed E-state index contributed by atoms with van der Waals surface area (Å²) >= 11 is 0. The third-order valence-corrected chi connectivity index (χ3v) is 6.32. The Kier molecular flexibility index (Phi) is 7.06. The van der Waals surface area contributed by atoms with Gasteiger partial charge in [-0.2, -0.15) is 4.98 Å². The zero-order valence-corrected chi connectivity index (χ0v) is 18.1. The highest BCUT2D eigenvalue weighted by molar-refractivity contribution is 7.62. The van der Waals surface area contributed by atoms with Crippen LogP contribution in [0.25, 0.3) is 11.5 Å². The number of non-ortho nitro benzene ring substituents is 1. The summed E-state index contributed by atoms with van der Waals surface area (Å²) < 4.78 is 34.0. The monoisotopic (exact) mass is 447 g/mol. The molecule has 164 valence electrons. The smallest absolute Gasteiger partial charge is 0.384 e. The minimum Gasteiger partial charge on any atom is -0.497 e. The fraction of sp³-hybridized carbons (Fsp3) is 0.250. The van der Waals surface area contributed by atoms with Crippen molar-refractivity contribution in [2.24, 2.45) is 0 Å². The van der Waals surface area contributed by atoms with E-state index in [0.29, 0.717) is 18.5 Å². The molecule has 0 amide bonds. The standard InChI is InChI=1S/C20H22N3O7P/c1-27-17-10-4-14(5-11-17)12-13-21-19-20(31(26,28-2)29-3)22-18(30-19)15-6-8-16(9-7-15)23(24)25/h4-11,21H,12-13H2,1-3H3. The molecule has 0 unspecified atom stereocenters. The van der Waals surface area contributed by atoms with Crippen molar-refractivity contribution in [3.05, 3.63) is 64.2 Å². The molecule has 0 fully saturated rings. The number of ether oxygens (including phenoxy) is 1. The molecule has 0 radical (unpaired) electrons. The van der Waals surface area contributed by atoms with Crippen molar-refractivity contribution in [1.29, 1.82) is 0 Å². The molecule has 1 heterocycles. The van der Waals surface area contributed by atoms with Crippen LogP contribution in [0.2, 0.25) is 0 Å². The van der Waals surface area contributed by atoms with Gasteiger partial charge in [-0.25, -0.2) is 0 Å². The van der Waals surface area contributed by atoms with Crippen LogP contribution in [-0.4, -0.2) is 37.8 Å². The number of methoxy groups -OCH3 is 1. The van der Waals surface area contributed by atoms with Crippen molar-refractivity contribution < 1.29 is 27.7 Å². The molecular weight excluding hydrogens is 425 g/mol. The third-order valence-electron chi connectivity index (χ3n) is 4.53. The van der Waals surface area contributed by atoms with E-state index in [4.69, 9.17) is 18.2 Å². The molecule has 31 heavy (non-hydrogen) atoms. The maximum Gasteiger partial charge on any atom is 0.384 e. The van der Waals surface area contributed by atoms with E-state index in [1.165, 1.54) is 38.5 Å². The van der Waals surface area contributed by atoms with Gasteiger partial charge in [-0.15, -0.1) is 0 Å². The molecule has 1 N–H and O–H groups in total. The van der Waals surface area contributed by atoms with Gasteiger partial charge in [-0.05, 0) is 36.2 Å². The molecule has 0 bridgehead atoms. The van der Waals surface area contributed by atoms with Gasteiger partial charge in [0, 0.05) is 38.5 Å². The first-order valence-electron chi connectivity index (χ1n) is 9.24. The Labute approximate surface area is 178 Å². The molecule has 0 saturated carbocycles. The summed E-state index contributed by atoms with van der Waals surface area (Å²) in [5.74, 6) is 1.04. The molecule has 1 aromatic heterocycles. The molecule has 0 aliphatic heterocycles. The summed E-state index contributed by atoms with van der Waals surface area (Å²) in [5.41, 5.74) is 1.48. The van der Waals surface area contributed by atoms with Crippen LogP contribution in [0.4, 0.5) is 11.6 Å². The summed E-state index contributed by atoms with van der Waals surface area (Å²) in [4.78, 5) is 14.7. The Balaban J connectivity index is 1.84. The lowest BCUT2D eigenvalue weighted by molar-refractivity contribution is -0.384. The van der Waals surface area contributed by atoms with Gasteiger partial charge in [0.2, 0.25) is 17.2 Å². The number of nitrogens with one attached hydrogen (secondary N) is 1. The van der Waals surface area contributed by atoms with Crippen LogP contribution in [0.15, 0.2) is 52.9 Å². The molecule has 0 aliphatic rings. The second-order valence-electron chi connectivity index (χ2n) is 6.36. The van der Waals surface area contributed by atoms with Crippen LogP contribution < -0.4 is 15.5 Å². The van der Waals surface area contributed by atoms with Crippen molar-refractivity contribution in [1.82, 2.24) is 4.98 Å². The number of nitro benzene ring substituents is 1. The average Bonchev–Trinajstić information content (AvgIpc) is 3.24. The molecule has 10 nitrogen and oxygen atoms in total. The van der Waals surface area contributed by atoms with E-state index in [0.717, 1.165) is 11.3 Å². The number of benzene rings is 2. The van der Waals surface area contributed by atoms with Gasteiger partial charge in [-0.1, -0.05) is 12.1 Å². The second kappa shape index (κ2) is 9.74. The molecule has 0 aliphatic carbocycles. The normalized spacial score (nSPS) is 11.3. The van der Waals surface area contributed by atoms with Crippen molar-refractivity contribution >= 4 is 24.6 Å². The van der Waals surface area contributed by atoms with Gasteiger partial charge < -0.3 is 23.5 Å². The molecule has 0 atom stereocenters. The second-order valence-corrected chi connectivity index (χ2v) is 8.51. The summed E-state index contributed by atoms with van der Waals surface area (Å²) in [6.45, 7) is 0.460. The number of anilines is 1. The highest BCUT2D eigenvalue weighted by Gasteiger charge is 2.34. The van der Waals surface area contributed by atoms with Gasteiger partial charge in [0.25, 0.3) is 5.69 Å². The van der Waals surface area contributed by atoms with Gasteiger partial charge >= 0.3 is 7.60 Å². The maximum atomic E-state index is 13.0. The number of hydrogen-bond donors (Lipinski definition) is 1. The molecule has 0 saturated heterocycles. The van der Waals surface area contributed by atoms with Crippen LogP contribution in [0.1, 0.15) is 5.56 Å². The van der Waals surface area contributed by atoms with Crippen LogP contribution in [0, 0.1) is 10.1 Å². The Hall–Kier alpha value is -3.20. The molecule has 11 heteroatoms. The van der Waals surface area contributed by atoms with Crippen molar-refractivity contribution in [2.75, 3.05) is 33.2 Å². The first kappa shape index (κ1) is 22.5. The van der Waals surface area contributed by atoms with E-state index in [9.17, 15) is 14.7 Å². The van der Waals surface area contributed by atoms with E-state index >= 15 is 0 Å². The average molecular weight is 447 g/mol. The quantitative estimate of drug-likeness (QED) is 0.278. The van der Waals surface area contributed by atoms with E-state index in [-0.39, 0.29) is 22.9 Å². The van der Waals surface area contributed by atoms with E-state index < -0.39 is 12.5 Å². The summed E-state index contributed by atoms with van der Waals surface area (Å²) in [7, 11) is 0.406. The minimum atomic E-state index is -3.71. The Morgan fingerprint density at radius 3 is 2.26 bits per heavy atom. The lowest BCUT2D eigenvalue weighted by atomic mass is 10.1. The van der Waals surface area contributed by atoms with Crippen LogP contribution in [0.5, 0.6) is 5.75 Å². The van der Waals surface area contributed by atoms with Gasteiger partial charge in [0.1, 0.15) is 5.75 Å². The van der Waals surface area contributed by atoms with Gasteiger partial charge in [0.15, 0.2) is 0 Å². The molecule has 0 spiro atoms. The van der Waals surface area contributed by atoms with Crippen LogP contribution in [-0.2, 0) is 20.0 Å². The number of oxazole rings is 1. The van der Waals surface area contributed by atoms with Crippen molar-refractivity contribution in [3.63, 3.8) is 0 Å². The molecule has 3 rings (SSSR count). The zero-order chi connectivity index (χ0) is 22.4. The number of aromatic nitrogens is 1. The fourth-order valence-corrected chi connectivity index (χ4v) is 3.90. The van der Waals surface area contributed by atoms with Crippen LogP contribution in [0.3, 0.4) is 0 Å². The number of rotatable bonds is 10. The third kappa shape index (κ3) is 5.11. The number of hydrogen-bond acceptors (Lipinski definition) is 9. The van der Waals surface area contributed by atoms with E-state index in [1.807, 2.05) is 24.3 Å². The van der Waals surface area contributed by atoms with Crippen LogP contribution >= 0.6 is 7.60 Å². The summed E-state index contributed by atoms with van der Waals surface area (Å²) in [5, 5.41) is 14.0. The van der Waals surface area contributed by atoms with Gasteiger partial charge in [-0.3, -0.25) is 14.7 Å². The lowest BCUT2D eigenvalue weighted by Gasteiger charge is -2.12. The largest absolute Gasteiger partial charge is 0.497 e. The highest BCUT2D eigenvalue weighted by atomic mass is 31.2. The molecular formula is C20H22N3O7P. The molecule has 2 aromatic carbocycles. The highest BCUT2D eigenvalue weighted by Crippen LogP contribution is 2.47. The van der Waals surface area contributed by atoms with Crippen molar-refractivity contribution in [2.45, 2.75) is 6.42 Å². The maximum absolute atomic E-state index is 13.0. The SMILES string of the molecule is COc1ccc(CCNc2oc(-c3ccc([N+](=O)[O-])cc3)nc2P(=O)(OC)OC)cc1. The molecule has 3 aromatic rings. The van der Waals surface area contributed by atoms with E-state index in [1.54, 1.807) is 7.11 Å². The number of nitro groups is 1. The van der Waals surface area contributed by atoms with Gasteiger partial charge in [0.05, 0.1) is 12.0 Å². The predicted molar refractivity (Wildman–Crippen MR) is 115 cm³/mol. The first-order chi connectivity index (χ1) is 14.9. The fourth-order valence-electron chi connectivity index (χ4n) is 2.82. The predicted octanol–water partition coefficient (Wildman–Crippen LogP) is 4.02. The van der Waals surface area contributed by atoms with Crippen molar-refractivity contribution in [3.8, 4) is 17.2 Å². The lowest BCUT2D eigenvalue weighted by Crippen LogP contribution is -2.16. The van der Waals surface area contributed by atoms with E-state index in [2.05, 4.69) is 10.3 Å².